The van der Waals surface area contributed by atoms with Crippen molar-refractivity contribution in [1.29, 1.82) is 0 Å². The third-order valence-electron chi connectivity index (χ3n) is 1.66. The summed E-state index contributed by atoms with van der Waals surface area (Å²) in [7, 11) is 1.24. The van der Waals surface area contributed by atoms with Gasteiger partial charge in [0.25, 0.3) is 0 Å². The van der Waals surface area contributed by atoms with Gasteiger partial charge in [0.1, 0.15) is 0 Å². The molecule has 0 spiro atoms. The predicted molar refractivity (Wildman–Crippen MR) is 46.4 cm³/mol. The zero-order valence-electron chi connectivity index (χ0n) is 7.87. The number of hydrogen-bond donors (Lipinski definition) is 2. The maximum atomic E-state index is 10.6. The van der Waals surface area contributed by atoms with Crippen LogP contribution in [0.2, 0.25) is 0 Å². The molecule has 13 heavy (non-hydrogen) atoms. The molecule has 76 valence electrons. The Balaban J connectivity index is 3.82. The first-order valence-electron chi connectivity index (χ1n) is 4.16. The fourth-order valence-electron chi connectivity index (χ4n) is 0.940. The van der Waals surface area contributed by atoms with E-state index >= 15 is 0 Å². The summed E-state index contributed by atoms with van der Waals surface area (Å²) in [6, 6.07) is 0. The molecule has 0 heterocycles. The molecule has 1 unspecified atom stereocenters. The van der Waals surface area contributed by atoms with E-state index < -0.39 is 18.0 Å². The number of carbonyl (C=O) groups excluding carboxylic acids is 1. The topological polar surface area (TPSA) is 75.6 Å². The Kier molecular flexibility index (Phi) is 5.67. The SMILES string of the molecule is CCCC(CNC(=O)OC)C(=O)O. The number of methoxy groups -OCH3 is 1. The standard InChI is InChI=1S/C8H15NO4/c1-3-4-6(7(10)11)5-9-8(12)13-2/h6H,3-5H2,1-2H3,(H,9,12)(H,10,11). The Labute approximate surface area is 77.1 Å². The van der Waals surface area contributed by atoms with E-state index in [4.69, 9.17) is 5.11 Å². The summed E-state index contributed by atoms with van der Waals surface area (Å²) in [6.07, 6.45) is 0.737. The molecular formula is C8H15NO4. The van der Waals surface area contributed by atoms with Crippen molar-refractivity contribution < 1.29 is 19.4 Å². The summed E-state index contributed by atoms with van der Waals surface area (Å²) in [5.74, 6) is -1.41. The fraction of sp³-hybridized carbons (Fsp3) is 0.750. The molecule has 2 N–H and O–H groups in total. The molecule has 0 aliphatic heterocycles. The molecule has 0 aliphatic carbocycles. The molecule has 0 fully saturated rings. The smallest absolute Gasteiger partial charge is 0.406 e. The molecule has 0 saturated heterocycles. The van der Waals surface area contributed by atoms with E-state index in [0.29, 0.717) is 6.42 Å². The van der Waals surface area contributed by atoms with Gasteiger partial charge in [-0.1, -0.05) is 13.3 Å². The highest BCUT2D eigenvalue weighted by Crippen LogP contribution is 2.04. The molecule has 0 aromatic rings. The molecule has 0 radical (unpaired) electrons. The van der Waals surface area contributed by atoms with Crippen LogP contribution >= 0.6 is 0 Å². The van der Waals surface area contributed by atoms with Gasteiger partial charge < -0.3 is 15.2 Å². The van der Waals surface area contributed by atoms with Crippen LogP contribution < -0.4 is 5.32 Å². The number of alkyl carbamates (subject to hydrolysis) is 1. The van der Waals surface area contributed by atoms with Crippen LogP contribution in [0, 0.1) is 5.92 Å². The predicted octanol–water partition coefficient (Wildman–Crippen LogP) is 0.843. The number of aliphatic carboxylic acids is 1. The van der Waals surface area contributed by atoms with Crippen molar-refractivity contribution >= 4 is 12.1 Å². The Morgan fingerprint density at radius 1 is 1.54 bits per heavy atom. The van der Waals surface area contributed by atoms with Crippen LogP contribution in [-0.4, -0.2) is 30.8 Å². The van der Waals surface area contributed by atoms with Crippen LogP contribution in [0.5, 0.6) is 0 Å². The van der Waals surface area contributed by atoms with Crippen molar-refractivity contribution in [2.45, 2.75) is 19.8 Å². The van der Waals surface area contributed by atoms with Gasteiger partial charge in [0.15, 0.2) is 0 Å². The Hall–Kier alpha value is -1.26. The van der Waals surface area contributed by atoms with Crippen LogP contribution in [-0.2, 0) is 9.53 Å². The third-order valence-corrected chi connectivity index (χ3v) is 1.66. The van der Waals surface area contributed by atoms with Crippen molar-refractivity contribution in [3.05, 3.63) is 0 Å². The normalized spacial score (nSPS) is 11.8. The second kappa shape index (κ2) is 6.28. The van der Waals surface area contributed by atoms with E-state index in [1.807, 2.05) is 6.92 Å². The van der Waals surface area contributed by atoms with Crippen LogP contribution in [0.1, 0.15) is 19.8 Å². The largest absolute Gasteiger partial charge is 0.481 e. The summed E-state index contributed by atoms with van der Waals surface area (Å²) in [4.78, 5) is 21.2. The van der Waals surface area contributed by atoms with Gasteiger partial charge in [0.2, 0.25) is 0 Å². The average Bonchev–Trinajstić information content (AvgIpc) is 2.11. The van der Waals surface area contributed by atoms with E-state index in [9.17, 15) is 9.59 Å². The highest BCUT2D eigenvalue weighted by molar-refractivity contribution is 5.72. The van der Waals surface area contributed by atoms with Gasteiger partial charge >= 0.3 is 12.1 Å². The molecule has 1 amide bonds. The minimum atomic E-state index is -0.891. The van der Waals surface area contributed by atoms with Crippen molar-refractivity contribution in [1.82, 2.24) is 5.32 Å². The first kappa shape index (κ1) is 11.7. The van der Waals surface area contributed by atoms with E-state index in [1.165, 1.54) is 7.11 Å². The molecule has 0 aliphatic rings. The number of nitrogens with one attached hydrogen (secondary N) is 1. The first-order valence-corrected chi connectivity index (χ1v) is 4.16. The average molecular weight is 189 g/mol. The third kappa shape index (κ3) is 5.05. The number of hydrogen-bond acceptors (Lipinski definition) is 3. The van der Waals surface area contributed by atoms with E-state index in [1.54, 1.807) is 0 Å². The van der Waals surface area contributed by atoms with Crippen LogP contribution in [0.3, 0.4) is 0 Å². The second-order valence-electron chi connectivity index (χ2n) is 2.70. The molecule has 0 saturated carbocycles. The lowest BCUT2D eigenvalue weighted by Gasteiger charge is -2.10. The minimum Gasteiger partial charge on any atom is -0.481 e. The van der Waals surface area contributed by atoms with E-state index in [0.717, 1.165) is 6.42 Å². The summed E-state index contributed by atoms with van der Waals surface area (Å²) >= 11 is 0. The summed E-state index contributed by atoms with van der Waals surface area (Å²) in [6.45, 7) is 2.02. The summed E-state index contributed by atoms with van der Waals surface area (Å²) in [5.41, 5.74) is 0. The summed E-state index contributed by atoms with van der Waals surface area (Å²) < 4.78 is 4.32. The Bertz CT molecular complexity index is 181. The van der Waals surface area contributed by atoms with E-state index in [-0.39, 0.29) is 6.54 Å². The number of ether oxygens (including phenoxy) is 1. The minimum absolute atomic E-state index is 0.121. The van der Waals surface area contributed by atoms with Gasteiger partial charge in [0, 0.05) is 6.54 Å². The number of amides is 1. The quantitative estimate of drug-likeness (QED) is 0.672. The van der Waals surface area contributed by atoms with E-state index in [2.05, 4.69) is 10.1 Å². The zero-order valence-corrected chi connectivity index (χ0v) is 7.87. The van der Waals surface area contributed by atoms with Crippen molar-refractivity contribution in [2.75, 3.05) is 13.7 Å². The van der Waals surface area contributed by atoms with Gasteiger partial charge in [-0.3, -0.25) is 4.79 Å². The molecule has 5 heteroatoms. The molecular weight excluding hydrogens is 174 g/mol. The molecule has 1 atom stereocenters. The molecule has 0 bridgehead atoms. The maximum absolute atomic E-state index is 10.6. The van der Waals surface area contributed by atoms with Crippen molar-refractivity contribution in [3.8, 4) is 0 Å². The van der Waals surface area contributed by atoms with Crippen molar-refractivity contribution in [3.63, 3.8) is 0 Å². The van der Waals surface area contributed by atoms with Gasteiger partial charge in [-0.2, -0.15) is 0 Å². The second-order valence-corrected chi connectivity index (χ2v) is 2.70. The monoisotopic (exact) mass is 189 g/mol. The van der Waals surface area contributed by atoms with Gasteiger partial charge in [-0.25, -0.2) is 4.79 Å². The lowest BCUT2D eigenvalue weighted by Crippen LogP contribution is -2.32. The van der Waals surface area contributed by atoms with Crippen molar-refractivity contribution in [2.24, 2.45) is 5.92 Å². The number of rotatable bonds is 5. The highest BCUT2D eigenvalue weighted by Gasteiger charge is 2.16. The first-order chi connectivity index (χ1) is 6.11. The zero-order chi connectivity index (χ0) is 10.3. The van der Waals surface area contributed by atoms with Crippen LogP contribution in [0.4, 0.5) is 4.79 Å². The number of carboxylic acids is 1. The number of carbonyl (C=O) groups is 2. The lowest BCUT2D eigenvalue weighted by molar-refractivity contribution is -0.141. The van der Waals surface area contributed by atoms with Gasteiger partial charge in [-0.05, 0) is 6.42 Å². The molecule has 0 rings (SSSR count). The lowest BCUT2D eigenvalue weighted by atomic mass is 10.0. The highest BCUT2D eigenvalue weighted by atomic mass is 16.5. The molecule has 5 nitrogen and oxygen atoms in total. The summed E-state index contributed by atoms with van der Waals surface area (Å²) in [5, 5.41) is 11.1. The Morgan fingerprint density at radius 3 is 2.54 bits per heavy atom. The van der Waals surface area contributed by atoms with Gasteiger partial charge in [-0.15, -0.1) is 0 Å². The van der Waals surface area contributed by atoms with Crippen LogP contribution in [0.25, 0.3) is 0 Å². The number of carboxylic acid groups (broad SMARTS) is 1. The Morgan fingerprint density at radius 2 is 2.15 bits per heavy atom. The van der Waals surface area contributed by atoms with Crippen LogP contribution in [0.15, 0.2) is 0 Å². The molecule has 0 aromatic heterocycles. The fourth-order valence-corrected chi connectivity index (χ4v) is 0.940. The molecule has 0 aromatic carbocycles. The van der Waals surface area contributed by atoms with Gasteiger partial charge in [0.05, 0.1) is 13.0 Å². The maximum Gasteiger partial charge on any atom is 0.406 e.